The molecule has 2 rings (SSSR count). The maximum Gasteiger partial charge on any atom is 0.416 e. The smallest absolute Gasteiger partial charge is 0.312 e. The highest BCUT2D eigenvalue weighted by Gasteiger charge is 2.30. The summed E-state index contributed by atoms with van der Waals surface area (Å²) in [6.45, 7) is 4.96. The molecule has 0 radical (unpaired) electrons. The predicted molar refractivity (Wildman–Crippen MR) is 91.5 cm³/mol. The Balaban J connectivity index is 2.32. The van der Waals surface area contributed by atoms with Gasteiger partial charge in [0.1, 0.15) is 0 Å². The number of aromatic nitrogens is 1. The van der Waals surface area contributed by atoms with Crippen molar-refractivity contribution in [2.24, 2.45) is 4.99 Å². The van der Waals surface area contributed by atoms with Crippen molar-refractivity contribution in [2.45, 2.75) is 39.4 Å². The summed E-state index contributed by atoms with van der Waals surface area (Å²) in [4.78, 5) is 16.7. The van der Waals surface area contributed by atoms with E-state index in [-0.39, 0.29) is 5.91 Å². The van der Waals surface area contributed by atoms with Crippen molar-refractivity contribution < 1.29 is 18.0 Å². The number of nitrogens with zero attached hydrogens (tertiary/aromatic N) is 2. The molecule has 0 spiro atoms. The van der Waals surface area contributed by atoms with Gasteiger partial charge in [-0.1, -0.05) is 24.7 Å². The lowest BCUT2D eigenvalue weighted by Crippen LogP contribution is -2.14. The maximum atomic E-state index is 12.7. The molecule has 1 aromatic heterocycles. The lowest BCUT2D eigenvalue weighted by molar-refractivity contribution is -0.137. The normalized spacial score (nSPS) is 12.6. The van der Waals surface area contributed by atoms with Crippen molar-refractivity contribution in [3.05, 3.63) is 45.7 Å². The summed E-state index contributed by atoms with van der Waals surface area (Å²) in [7, 11) is 0. The minimum absolute atomic E-state index is 0.354. The molecule has 0 fully saturated rings. The monoisotopic (exact) mass is 371 g/mol. The zero-order valence-electron chi connectivity index (χ0n) is 14.1. The Morgan fingerprint density at radius 1 is 1.28 bits per heavy atom. The number of amides is 1. The number of carbonyl (C=O) groups excluding carboxylic acids is 1. The van der Waals surface area contributed by atoms with Crippen molar-refractivity contribution in [3.8, 4) is 5.69 Å². The van der Waals surface area contributed by atoms with Gasteiger partial charge in [-0.15, -0.1) is 0 Å². The van der Waals surface area contributed by atoms with Crippen molar-refractivity contribution in [1.82, 2.24) is 9.88 Å². The van der Waals surface area contributed by atoms with Crippen LogP contribution in [-0.4, -0.2) is 17.0 Å². The van der Waals surface area contributed by atoms with Crippen LogP contribution in [0, 0.1) is 0 Å². The zero-order valence-corrected chi connectivity index (χ0v) is 14.9. The van der Waals surface area contributed by atoms with Crippen molar-refractivity contribution in [1.29, 1.82) is 0 Å². The van der Waals surface area contributed by atoms with Gasteiger partial charge in [-0.2, -0.15) is 18.2 Å². The summed E-state index contributed by atoms with van der Waals surface area (Å²) in [6.07, 6.45) is -0.421. The van der Waals surface area contributed by atoms with E-state index in [0.29, 0.717) is 17.0 Å². The highest BCUT2D eigenvalue weighted by molar-refractivity contribution is 7.09. The SMILES string of the molecule is CCCCNCc1cn(-c2ccc(C(F)(F)F)cc2)c(=NC(C)=O)s1. The Bertz CT molecular complexity index is 776. The number of hydrogen-bond donors (Lipinski definition) is 1. The minimum atomic E-state index is -4.38. The molecule has 1 heterocycles. The number of unbranched alkanes of at least 4 members (excludes halogenated alkanes) is 1. The van der Waals surface area contributed by atoms with Gasteiger partial charge in [-0.25, -0.2) is 0 Å². The van der Waals surface area contributed by atoms with Crippen molar-refractivity contribution in [2.75, 3.05) is 6.54 Å². The van der Waals surface area contributed by atoms with Crippen LogP contribution in [0.1, 0.15) is 37.1 Å². The summed E-state index contributed by atoms with van der Waals surface area (Å²) in [6, 6.07) is 4.80. The van der Waals surface area contributed by atoms with Gasteiger partial charge in [-0.05, 0) is 37.2 Å². The summed E-state index contributed by atoms with van der Waals surface area (Å²) in [5, 5.41) is 3.30. The molecular weight excluding hydrogens is 351 g/mol. The van der Waals surface area contributed by atoms with E-state index in [1.54, 1.807) is 10.8 Å². The lowest BCUT2D eigenvalue weighted by Gasteiger charge is -2.08. The molecular formula is C17H20F3N3OS. The lowest BCUT2D eigenvalue weighted by atomic mass is 10.2. The van der Waals surface area contributed by atoms with E-state index < -0.39 is 11.7 Å². The molecule has 0 saturated heterocycles. The number of benzene rings is 1. The molecule has 25 heavy (non-hydrogen) atoms. The molecule has 0 unspecified atom stereocenters. The number of rotatable bonds is 6. The molecule has 2 aromatic rings. The topological polar surface area (TPSA) is 46.4 Å². The van der Waals surface area contributed by atoms with Crippen LogP contribution in [0.15, 0.2) is 35.5 Å². The van der Waals surface area contributed by atoms with E-state index >= 15 is 0 Å². The molecule has 0 saturated carbocycles. The van der Waals surface area contributed by atoms with Crippen LogP contribution in [0.5, 0.6) is 0 Å². The molecule has 1 aromatic carbocycles. The Labute approximate surface area is 148 Å². The Hall–Kier alpha value is -1.93. The number of nitrogens with one attached hydrogen (secondary N) is 1. The molecule has 0 aliphatic carbocycles. The molecule has 1 N–H and O–H groups in total. The number of thiazole rings is 1. The first kappa shape index (κ1) is 19.4. The summed E-state index contributed by atoms with van der Waals surface area (Å²) in [5.41, 5.74) is -0.178. The third-order valence-corrected chi connectivity index (χ3v) is 4.42. The van der Waals surface area contributed by atoms with Crippen molar-refractivity contribution >= 4 is 17.2 Å². The highest BCUT2D eigenvalue weighted by atomic mass is 32.1. The fourth-order valence-corrected chi connectivity index (χ4v) is 3.19. The number of halogens is 3. The van der Waals surface area contributed by atoms with Gasteiger partial charge in [0.2, 0.25) is 5.91 Å². The first-order chi connectivity index (χ1) is 11.8. The third kappa shape index (κ3) is 5.54. The van der Waals surface area contributed by atoms with Gasteiger partial charge in [0.15, 0.2) is 4.80 Å². The third-order valence-electron chi connectivity index (χ3n) is 3.43. The first-order valence-corrected chi connectivity index (χ1v) is 8.78. The van der Waals surface area contributed by atoms with Gasteiger partial charge in [-0.3, -0.25) is 9.36 Å². The van der Waals surface area contributed by atoms with Crippen molar-refractivity contribution in [3.63, 3.8) is 0 Å². The Morgan fingerprint density at radius 2 is 1.96 bits per heavy atom. The zero-order chi connectivity index (χ0) is 18.4. The molecule has 0 atom stereocenters. The fraction of sp³-hybridized carbons (Fsp3) is 0.412. The van der Waals surface area contributed by atoms with E-state index in [1.807, 2.05) is 0 Å². The van der Waals surface area contributed by atoms with Gasteiger partial charge in [0, 0.05) is 30.2 Å². The molecule has 0 aliphatic rings. The van der Waals surface area contributed by atoms with Crippen LogP contribution in [0.2, 0.25) is 0 Å². The molecule has 8 heteroatoms. The number of carbonyl (C=O) groups is 1. The summed E-state index contributed by atoms with van der Waals surface area (Å²) < 4.78 is 39.8. The van der Waals surface area contributed by atoms with Crippen LogP contribution in [-0.2, 0) is 17.5 Å². The average molecular weight is 371 g/mol. The molecule has 1 amide bonds. The second-order valence-electron chi connectivity index (χ2n) is 5.56. The van der Waals surface area contributed by atoms with E-state index in [9.17, 15) is 18.0 Å². The summed E-state index contributed by atoms with van der Waals surface area (Å²) >= 11 is 1.34. The Morgan fingerprint density at radius 3 is 2.52 bits per heavy atom. The van der Waals surface area contributed by atoms with E-state index in [2.05, 4.69) is 17.2 Å². The highest BCUT2D eigenvalue weighted by Crippen LogP contribution is 2.29. The predicted octanol–water partition coefficient (Wildman–Crippen LogP) is 3.89. The molecule has 4 nitrogen and oxygen atoms in total. The number of alkyl halides is 3. The minimum Gasteiger partial charge on any atom is -0.312 e. The van der Waals surface area contributed by atoms with Crippen LogP contribution in [0.25, 0.3) is 5.69 Å². The fourth-order valence-electron chi connectivity index (χ4n) is 2.19. The van der Waals surface area contributed by atoms with Gasteiger partial charge < -0.3 is 5.32 Å². The van der Waals surface area contributed by atoms with Crippen LogP contribution < -0.4 is 10.1 Å². The second kappa shape index (κ2) is 8.44. The van der Waals surface area contributed by atoms with Crippen LogP contribution in [0.3, 0.4) is 0 Å². The van der Waals surface area contributed by atoms with Crippen LogP contribution >= 0.6 is 11.3 Å². The van der Waals surface area contributed by atoms with Gasteiger partial charge in [0.25, 0.3) is 0 Å². The van der Waals surface area contributed by atoms with E-state index in [1.165, 1.54) is 30.4 Å². The van der Waals surface area contributed by atoms with Gasteiger partial charge in [0.05, 0.1) is 5.56 Å². The second-order valence-corrected chi connectivity index (χ2v) is 6.65. The quantitative estimate of drug-likeness (QED) is 0.783. The van der Waals surface area contributed by atoms with E-state index in [0.717, 1.165) is 36.4 Å². The van der Waals surface area contributed by atoms with Gasteiger partial charge >= 0.3 is 6.18 Å². The Kier molecular flexibility index (Phi) is 6.55. The number of hydrogen-bond acceptors (Lipinski definition) is 3. The van der Waals surface area contributed by atoms with E-state index in [4.69, 9.17) is 0 Å². The maximum absolute atomic E-state index is 12.7. The molecule has 0 aliphatic heterocycles. The largest absolute Gasteiger partial charge is 0.416 e. The summed E-state index contributed by atoms with van der Waals surface area (Å²) in [5.74, 6) is -0.354. The average Bonchev–Trinajstić information content (AvgIpc) is 2.93. The molecule has 136 valence electrons. The van der Waals surface area contributed by atoms with Crippen LogP contribution in [0.4, 0.5) is 13.2 Å². The molecule has 0 bridgehead atoms. The standard InChI is InChI=1S/C17H20F3N3OS/c1-3-4-9-21-10-15-11-23(16(25-15)22-12(2)24)14-7-5-13(6-8-14)17(18,19)20/h5-8,11,21H,3-4,9-10H2,1-2H3. The first-order valence-electron chi connectivity index (χ1n) is 7.96.